The van der Waals surface area contributed by atoms with Gasteiger partial charge in [-0.2, -0.15) is 0 Å². The molecule has 0 bridgehead atoms. The Morgan fingerprint density at radius 3 is 2.19 bits per heavy atom. The summed E-state index contributed by atoms with van der Waals surface area (Å²) >= 11 is 6.06. The number of rotatable bonds is 2. The van der Waals surface area contributed by atoms with E-state index in [4.69, 9.17) is 11.6 Å². The average molecular weight is 339 g/mol. The summed E-state index contributed by atoms with van der Waals surface area (Å²) in [5.74, 6) is -0.998. The molecule has 0 radical (unpaired) electrons. The summed E-state index contributed by atoms with van der Waals surface area (Å²) in [6.07, 6.45) is 0. The highest BCUT2D eigenvalue weighted by Gasteiger charge is 2.36. The average Bonchev–Trinajstić information content (AvgIpc) is 2.39. The van der Waals surface area contributed by atoms with E-state index < -0.39 is 11.6 Å². The second-order valence-corrected chi connectivity index (χ2v) is 6.69. The standard InChI is InChI=1S/C15H21ClF2N2.ClH/c1-15(2,3)14(20-8-6-19-7-9-20)12-10(17)4-5-11(18)13(12)16;/h4-5,14,19H,6-9H2,1-3H3;1H/t14-;/m1./s1. The third kappa shape index (κ3) is 4.07. The number of piperazine rings is 1. The van der Waals surface area contributed by atoms with Gasteiger partial charge in [-0.15, -0.1) is 12.4 Å². The summed E-state index contributed by atoms with van der Waals surface area (Å²) in [5.41, 5.74) is 0.0383. The third-order valence-electron chi connectivity index (χ3n) is 3.69. The van der Waals surface area contributed by atoms with E-state index in [1.54, 1.807) is 0 Å². The molecule has 1 heterocycles. The maximum absolute atomic E-state index is 14.3. The zero-order valence-corrected chi connectivity index (χ0v) is 14.1. The summed E-state index contributed by atoms with van der Waals surface area (Å²) in [7, 11) is 0. The van der Waals surface area contributed by atoms with E-state index >= 15 is 0 Å². The number of halogens is 4. The minimum atomic E-state index is -0.563. The fourth-order valence-corrected chi connectivity index (χ4v) is 3.15. The number of nitrogens with zero attached hydrogens (tertiary/aromatic N) is 1. The van der Waals surface area contributed by atoms with Crippen LogP contribution in [-0.2, 0) is 0 Å². The predicted molar refractivity (Wildman–Crippen MR) is 85.3 cm³/mol. The van der Waals surface area contributed by atoms with Crippen LogP contribution in [0.2, 0.25) is 5.02 Å². The first-order chi connectivity index (χ1) is 9.32. The van der Waals surface area contributed by atoms with Crippen LogP contribution < -0.4 is 5.32 Å². The van der Waals surface area contributed by atoms with Crippen LogP contribution in [0.3, 0.4) is 0 Å². The van der Waals surface area contributed by atoms with Gasteiger partial charge < -0.3 is 5.32 Å². The summed E-state index contributed by atoms with van der Waals surface area (Å²) in [6.45, 7) is 9.38. The van der Waals surface area contributed by atoms with Crippen LogP contribution in [0.1, 0.15) is 32.4 Å². The minimum absolute atomic E-state index is 0. The fraction of sp³-hybridized carbons (Fsp3) is 0.600. The van der Waals surface area contributed by atoms with Crippen molar-refractivity contribution in [1.82, 2.24) is 10.2 Å². The molecule has 1 aromatic rings. The summed E-state index contributed by atoms with van der Waals surface area (Å²) < 4.78 is 28.0. The molecule has 1 aliphatic heterocycles. The number of benzene rings is 1. The van der Waals surface area contributed by atoms with Gasteiger partial charge >= 0.3 is 0 Å². The van der Waals surface area contributed by atoms with E-state index in [9.17, 15) is 8.78 Å². The molecule has 0 unspecified atom stereocenters. The molecule has 0 saturated carbocycles. The predicted octanol–water partition coefficient (Wildman–Crippen LogP) is 4.03. The van der Waals surface area contributed by atoms with Gasteiger partial charge in [-0.25, -0.2) is 8.78 Å². The molecule has 2 rings (SSSR count). The Labute approximate surface area is 136 Å². The molecule has 0 amide bonds. The van der Waals surface area contributed by atoms with E-state index in [0.29, 0.717) is 0 Å². The summed E-state index contributed by atoms with van der Waals surface area (Å²) in [5, 5.41) is 3.18. The molecule has 1 atom stereocenters. The lowest BCUT2D eigenvalue weighted by Crippen LogP contribution is -2.48. The lowest BCUT2D eigenvalue weighted by atomic mass is 9.80. The van der Waals surface area contributed by atoms with Crippen LogP contribution in [0.4, 0.5) is 8.78 Å². The molecule has 1 aromatic carbocycles. The topological polar surface area (TPSA) is 15.3 Å². The first-order valence-electron chi connectivity index (χ1n) is 6.90. The Hall–Kier alpha value is -0.420. The van der Waals surface area contributed by atoms with Crippen molar-refractivity contribution in [2.24, 2.45) is 5.41 Å². The van der Waals surface area contributed by atoms with Gasteiger partial charge in [0.05, 0.1) is 5.02 Å². The molecule has 120 valence electrons. The minimum Gasteiger partial charge on any atom is -0.314 e. The first-order valence-corrected chi connectivity index (χ1v) is 7.28. The molecule has 1 aliphatic rings. The van der Waals surface area contributed by atoms with Crippen molar-refractivity contribution in [2.75, 3.05) is 26.2 Å². The van der Waals surface area contributed by atoms with Crippen LogP contribution in [0.15, 0.2) is 12.1 Å². The maximum atomic E-state index is 14.3. The first kappa shape index (κ1) is 18.6. The highest BCUT2D eigenvalue weighted by molar-refractivity contribution is 6.31. The van der Waals surface area contributed by atoms with Gasteiger partial charge in [-0.1, -0.05) is 32.4 Å². The number of hydrogen-bond donors (Lipinski definition) is 1. The highest BCUT2D eigenvalue weighted by Crippen LogP contribution is 2.42. The molecular weight excluding hydrogens is 317 g/mol. The van der Waals surface area contributed by atoms with Crippen molar-refractivity contribution in [3.63, 3.8) is 0 Å². The van der Waals surface area contributed by atoms with Crippen LogP contribution in [0.25, 0.3) is 0 Å². The van der Waals surface area contributed by atoms with Crippen molar-refractivity contribution in [3.05, 3.63) is 34.4 Å². The molecule has 6 heteroatoms. The second-order valence-electron chi connectivity index (χ2n) is 6.31. The Kier molecular flexibility index (Phi) is 6.41. The quantitative estimate of drug-likeness (QED) is 0.819. The van der Waals surface area contributed by atoms with Crippen LogP contribution in [-0.4, -0.2) is 31.1 Å². The molecule has 1 saturated heterocycles. The lowest BCUT2D eigenvalue weighted by molar-refractivity contribution is 0.0833. The van der Waals surface area contributed by atoms with Crippen LogP contribution in [0, 0.1) is 17.0 Å². The van der Waals surface area contributed by atoms with Gasteiger partial charge in [0.1, 0.15) is 11.6 Å². The summed E-state index contributed by atoms with van der Waals surface area (Å²) in [4.78, 5) is 2.18. The Morgan fingerprint density at radius 1 is 1.14 bits per heavy atom. The molecular formula is C15H22Cl2F2N2. The molecule has 2 nitrogen and oxygen atoms in total. The Bertz CT molecular complexity index is 483. The van der Waals surface area contributed by atoms with Crippen molar-refractivity contribution in [1.29, 1.82) is 0 Å². The third-order valence-corrected chi connectivity index (χ3v) is 4.07. The SMILES string of the molecule is CC(C)(C)[C@@H](c1c(F)ccc(F)c1Cl)N1CCNCC1.Cl. The highest BCUT2D eigenvalue weighted by atomic mass is 35.5. The second kappa shape index (κ2) is 7.23. The van der Waals surface area contributed by atoms with E-state index in [2.05, 4.69) is 10.2 Å². The molecule has 1 fully saturated rings. The van der Waals surface area contributed by atoms with Crippen molar-refractivity contribution < 1.29 is 8.78 Å². The van der Waals surface area contributed by atoms with Crippen molar-refractivity contribution in [2.45, 2.75) is 26.8 Å². The fourth-order valence-electron chi connectivity index (χ4n) is 2.90. The molecule has 0 aliphatic carbocycles. The zero-order chi connectivity index (χ0) is 14.9. The van der Waals surface area contributed by atoms with Crippen LogP contribution in [0.5, 0.6) is 0 Å². The smallest absolute Gasteiger partial charge is 0.142 e. The molecule has 0 spiro atoms. The van der Waals surface area contributed by atoms with Gasteiger partial charge in [0.25, 0.3) is 0 Å². The lowest BCUT2D eigenvalue weighted by Gasteiger charge is -2.43. The van der Waals surface area contributed by atoms with Gasteiger partial charge in [-0.3, -0.25) is 4.90 Å². The van der Waals surface area contributed by atoms with E-state index in [1.165, 1.54) is 0 Å². The number of nitrogens with one attached hydrogen (secondary N) is 1. The van der Waals surface area contributed by atoms with Gasteiger partial charge in [0.2, 0.25) is 0 Å². The Balaban J connectivity index is 0.00000220. The zero-order valence-electron chi connectivity index (χ0n) is 12.5. The Morgan fingerprint density at radius 2 is 1.67 bits per heavy atom. The van der Waals surface area contributed by atoms with Crippen molar-refractivity contribution >= 4 is 24.0 Å². The number of hydrogen-bond acceptors (Lipinski definition) is 2. The van der Waals surface area contributed by atoms with Crippen molar-refractivity contribution in [3.8, 4) is 0 Å². The van der Waals surface area contributed by atoms with E-state index in [0.717, 1.165) is 38.3 Å². The normalized spacial score (nSPS) is 18.2. The van der Waals surface area contributed by atoms with E-state index in [-0.39, 0.29) is 34.4 Å². The van der Waals surface area contributed by atoms with Crippen LogP contribution >= 0.6 is 24.0 Å². The summed E-state index contributed by atoms with van der Waals surface area (Å²) in [6, 6.07) is 2.00. The monoisotopic (exact) mass is 338 g/mol. The molecule has 21 heavy (non-hydrogen) atoms. The molecule has 1 N–H and O–H groups in total. The van der Waals surface area contributed by atoms with Gasteiger partial charge in [0.15, 0.2) is 0 Å². The van der Waals surface area contributed by atoms with Gasteiger partial charge in [-0.05, 0) is 17.5 Å². The van der Waals surface area contributed by atoms with Gasteiger partial charge in [0, 0.05) is 37.8 Å². The molecule has 0 aromatic heterocycles. The largest absolute Gasteiger partial charge is 0.314 e. The maximum Gasteiger partial charge on any atom is 0.142 e. The van der Waals surface area contributed by atoms with E-state index in [1.807, 2.05) is 20.8 Å².